The quantitative estimate of drug-likeness (QED) is 0.384. The minimum atomic E-state index is -0.434. The van der Waals surface area contributed by atoms with Crippen molar-refractivity contribution in [3.8, 4) is 5.69 Å². The van der Waals surface area contributed by atoms with Gasteiger partial charge in [-0.25, -0.2) is 4.79 Å². The van der Waals surface area contributed by atoms with E-state index >= 15 is 0 Å². The molecule has 2 heterocycles. The van der Waals surface area contributed by atoms with E-state index in [1.807, 2.05) is 32.0 Å². The van der Waals surface area contributed by atoms with E-state index < -0.39 is 5.97 Å². The smallest absolute Gasteiger partial charge is 0.333 e. The zero-order valence-corrected chi connectivity index (χ0v) is 17.5. The highest BCUT2D eigenvalue weighted by Crippen LogP contribution is 2.30. The summed E-state index contributed by atoms with van der Waals surface area (Å²) in [4.78, 5) is 25.5. The Morgan fingerprint density at radius 3 is 2.82 bits per heavy atom. The third kappa shape index (κ3) is 4.56. The predicted molar refractivity (Wildman–Crippen MR) is 108 cm³/mol. The van der Waals surface area contributed by atoms with E-state index in [9.17, 15) is 9.59 Å². The molecule has 0 bridgehead atoms. The van der Waals surface area contributed by atoms with Gasteiger partial charge in [0.05, 0.1) is 29.2 Å². The van der Waals surface area contributed by atoms with Crippen molar-refractivity contribution in [2.75, 3.05) is 24.7 Å². The van der Waals surface area contributed by atoms with Crippen LogP contribution in [0.3, 0.4) is 0 Å². The van der Waals surface area contributed by atoms with E-state index in [1.54, 1.807) is 16.5 Å². The van der Waals surface area contributed by atoms with Crippen LogP contribution in [0.2, 0.25) is 0 Å². The van der Waals surface area contributed by atoms with Crippen molar-refractivity contribution in [2.45, 2.75) is 25.9 Å². The molecule has 2 aromatic rings. The summed E-state index contributed by atoms with van der Waals surface area (Å²) >= 11 is 2.81. The summed E-state index contributed by atoms with van der Waals surface area (Å²) in [6, 6.07) is 6.04. The number of tetrazole rings is 1. The Kier molecular flexibility index (Phi) is 6.74. The lowest BCUT2D eigenvalue weighted by molar-refractivity contribution is -0.137. The lowest BCUT2D eigenvalue weighted by Gasteiger charge is -2.16. The van der Waals surface area contributed by atoms with Gasteiger partial charge in [-0.3, -0.25) is 4.79 Å². The molecule has 28 heavy (non-hydrogen) atoms. The van der Waals surface area contributed by atoms with Gasteiger partial charge in [0.2, 0.25) is 11.1 Å². The molecule has 3 rings (SSSR count). The first-order valence-electron chi connectivity index (χ1n) is 8.80. The number of aromatic nitrogens is 4. The number of thioether (sulfide) groups is 2. The molecular weight excluding hydrogens is 398 g/mol. The van der Waals surface area contributed by atoms with Crippen LogP contribution in [-0.2, 0) is 14.3 Å². The summed E-state index contributed by atoms with van der Waals surface area (Å²) in [6.07, 6.45) is 1.38. The number of rotatable bonds is 7. The van der Waals surface area contributed by atoms with Gasteiger partial charge in [0.25, 0.3) is 0 Å². The van der Waals surface area contributed by atoms with Crippen molar-refractivity contribution in [3.05, 3.63) is 40.4 Å². The molecule has 0 radical (unpaired) electrons. The van der Waals surface area contributed by atoms with Crippen LogP contribution in [0.1, 0.15) is 18.1 Å². The molecule has 1 aliphatic heterocycles. The molecule has 148 valence electrons. The number of carbonyl (C=O) groups is 2. The molecule has 1 aliphatic rings. The molecule has 0 spiro atoms. The Balaban J connectivity index is 1.68. The van der Waals surface area contributed by atoms with Gasteiger partial charge in [0.15, 0.2) is 0 Å². The molecule has 1 aromatic heterocycles. The van der Waals surface area contributed by atoms with Crippen molar-refractivity contribution in [1.82, 2.24) is 25.1 Å². The number of amides is 1. The normalized spacial score (nSPS) is 15.5. The zero-order chi connectivity index (χ0) is 20.1. The van der Waals surface area contributed by atoms with Gasteiger partial charge in [0.1, 0.15) is 0 Å². The van der Waals surface area contributed by atoms with Gasteiger partial charge in [0, 0.05) is 12.3 Å². The molecule has 0 atom stereocenters. The summed E-state index contributed by atoms with van der Waals surface area (Å²) in [5.41, 5.74) is 3.13. The first-order valence-corrected chi connectivity index (χ1v) is 10.8. The maximum Gasteiger partial charge on any atom is 0.333 e. The van der Waals surface area contributed by atoms with E-state index in [0.717, 1.165) is 16.8 Å². The zero-order valence-electron chi connectivity index (χ0n) is 15.9. The van der Waals surface area contributed by atoms with Crippen LogP contribution in [0, 0.1) is 13.8 Å². The van der Waals surface area contributed by atoms with Gasteiger partial charge in [-0.05, 0) is 42.3 Å². The van der Waals surface area contributed by atoms with Gasteiger partial charge in [-0.1, -0.05) is 41.7 Å². The third-order valence-electron chi connectivity index (χ3n) is 4.08. The monoisotopic (exact) mass is 419 g/mol. The Morgan fingerprint density at radius 1 is 1.36 bits per heavy atom. The molecule has 1 aromatic carbocycles. The lowest BCUT2D eigenvalue weighted by Crippen LogP contribution is -2.27. The van der Waals surface area contributed by atoms with Crippen LogP contribution in [0.4, 0.5) is 0 Å². The van der Waals surface area contributed by atoms with Gasteiger partial charge >= 0.3 is 5.97 Å². The number of ether oxygens (including phenoxy) is 1. The molecule has 10 heteroatoms. The Morgan fingerprint density at radius 2 is 2.11 bits per heavy atom. The number of esters is 1. The largest absolute Gasteiger partial charge is 0.463 e. The Bertz CT molecular complexity index is 892. The molecule has 0 aliphatic carbocycles. The average molecular weight is 420 g/mol. The number of benzene rings is 1. The first kappa shape index (κ1) is 20.4. The second kappa shape index (κ2) is 9.24. The highest BCUT2D eigenvalue weighted by molar-refractivity contribution is 8.04. The van der Waals surface area contributed by atoms with Crippen LogP contribution in [-0.4, -0.2) is 61.6 Å². The average Bonchev–Trinajstić information content (AvgIpc) is 3.23. The van der Waals surface area contributed by atoms with E-state index in [2.05, 4.69) is 15.5 Å². The van der Waals surface area contributed by atoms with Crippen molar-refractivity contribution >= 4 is 35.4 Å². The maximum atomic E-state index is 12.2. The van der Waals surface area contributed by atoms with Crippen LogP contribution in [0.25, 0.3) is 5.69 Å². The fourth-order valence-corrected chi connectivity index (χ4v) is 4.59. The van der Waals surface area contributed by atoms with E-state index in [1.165, 1.54) is 29.6 Å². The lowest BCUT2D eigenvalue weighted by atomic mass is 10.1. The molecule has 8 nitrogen and oxygen atoms in total. The standard InChI is InChI=1S/C18H21N5O3S2/c1-4-26-16(25)10-15-22(14(24)11-28-15)8-9-27-18-19-20-21-23(18)17-12(2)6-5-7-13(17)3/h5-7,10H,4,8-9,11H2,1-3H3/b15-10-. The SMILES string of the molecule is CCOC(=O)/C=C1\SCC(=O)N1CCSc1nnnn1-c1c(C)cccc1C. The van der Waals surface area contributed by atoms with E-state index in [0.29, 0.717) is 34.8 Å². The molecule has 0 saturated carbocycles. The number of hydrogen-bond donors (Lipinski definition) is 0. The van der Waals surface area contributed by atoms with E-state index in [4.69, 9.17) is 4.74 Å². The summed E-state index contributed by atoms with van der Waals surface area (Å²) in [5.74, 6) is 0.472. The first-order chi connectivity index (χ1) is 13.5. The molecule has 1 saturated heterocycles. The number of para-hydroxylation sites is 1. The topological polar surface area (TPSA) is 90.2 Å². The van der Waals surface area contributed by atoms with Crippen LogP contribution < -0.4 is 0 Å². The number of carbonyl (C=O) groups excluding carboxylic acids is 2. The second-order valence-corrected chi connectivity index (χ2v) is 8.09. The molecule has 0 unspecified atom stereocenters. The Hall–Kier alpha value is -2.33. The van der Waals surface area contributed by atoms with Crippen molar-refractivity contribution in [3.63, 3.8) is 0 Å². The van der Waals surface area contributed by atoms with Crippen molar-refractivity contribution in [1.29, 1.82) is 0 Å². The molecule has 1 fully saturated rings. The van der Waals surface area contributed by atoms with Crippen LogP contribution in [0.5, 0.6) is 0 Å². The van der Waals surface area contributed by atoms with Crippen molar-refractivity contribution in [2.24, 2.45) is 0 Å². The highest BCUT2D eigenvalue weighted by Gasteiger charge is 2.27. The minimum absolute atomic E-state index is 0.0181. The predicted octanol–water partition coefficient (Wildman–Crippen LogP) is 2.35. The minimum Gasteiger partial charge on any atom is -0.463 e. The Labute approximate surface area is 171 Å². The maximum absolute atomic E-state index is 12.2. The number of hydrogen-bond acceptors (Lipinski definition) is 8. The molecular formula is C18H21N5O3S2. The van der Waals surface area contributed by atoms with Crippen molar-refractivity contribution < 1.29 is 14.3 Å². The summed E-state index contributed by atoms with van der Waals surface area (Å²) in [6.45, 7) is 6.55. The molecule has 1 amide bonds. The summed E-state index contributed by atoms with van der Waals surface area (Å²) < 4.78 is 6.66. The third-order valence-corrected chi connectivity index (χ3v) is 6.00. The fourth-order valence-electron chi connectivity index (χ4n) is 2.83. The molecule has 0 N–H and O–H groups in total. The van der Waals surface area contributed by atoms with Crippen LogP contribution >= 0.6 is 23.5 Å². The van der Waals surface area contributed by atoms with Crippen LogP contribution in [0.15, 0.2) is 34.5 Å². The van der Waals surface area contributed by atoms with E-state index in [-0.39, 0.29) is 5.91 Å². The fraction of sp³-hybridized carbons (Fsp3) is 0.389. The summed E-state index contributed by atoms with van der Waals surface area (Å²) in [5, 5.41) is 13.3. The summed E-state index contributed by atoms with van der Waals surface area (Å²) in [7, 11) is 0. The number of aryl methyl sites for hydroxylation is 2. The van der Waals surface area contributed by atoms with Gasteiger partial charge < -0.3 is 9.64 Å². The van der Waals surface area contributed by atoms with Gasteiger partial charge in [-0.2, -0.15) is 4.68 Å². The number of nitrogens with zero attached hydrogens (tertiary/aromatic N) is 5. The van der Waals surface area contributed by atoms with Gasteiger partial charge in [-0.15, -0.1) is 5.10 Å². The second-order valence-electron chi connectivity index (χ2n) is 6.03. The highest BCUT2D eigenvalue weighted by atomic mass is 32.2.